The smallest absolute Gasteiger partial charge is 0.330 e. The van der Waals surface area contributed by atoms with Gasteiger partial charge >= 0.3 is 5.97 Å². The molecule has 7 amide bonds. The molecule has 2 fully saturated rings. The number of rotatable bonds is 13. The van der Waals surface area contributed by atoms with Crippen molar-refractivity contribution in [2.24, 2.45) is 17.4 Å². The Labute approximate surface area is 563 Å². The number of hydrogen-bond acceptors (Lipinski definition) is 25. The van der Waals surface area contributed by atoms with Gasteiger partial charge in [0.15, 0.2) is 29.9 Å². The number of nitrogens with one attached hydrogen (secondary N) is 7. The predicted molar refractivity (Wildman–Crippen MR) is 339 cm³/mol. The number of fused-ring (bicyclic) bond motifs is 15. The number of nitrogens with two attached hydrogens (primary N) is 2. The molecule has 13 unspecified atom stereocenters. The van der Waals surface area contributed by atoms with Gasteiger partial charge in [-0.2, -0.15) is 0 Å². The van der Waals surface area contributed by atoms with E-state index >= 15 is 14.4 Å². The SMILES string of the molecule is CNC(CC(C)C)C(=O)NC1C(=O)NC(CC(N)=O)C(=O)NC2C(=O)NC3C(=O)NC(C(=O)NC(C(=O)O)c4cc(O)cc(O)c4-c4cc3ccc4O)C(O)c3ccc(cc3)Oc3cc2cc(c3O[C@@H]2O[C@H](CO)[C@@H](O)[C@H](O)[C@H]2OC2CC(C)(N)C(O)C(C)O2)Oc2ccc(cc2)C1O. The van der Waals surface area contributed by atoms with Gasteiger partial charge in [-0.05, 0) is 110 Å². The fourth-order valence-electron chi connectivity index (χ4n) is 12.4. The van der Waals surface area contributed by atoms with E-state index in [4.69, 9.17) is 39.9 Å². The van der Waals surface area contributed by atoms with Crippen LogP contribution in [0.15, 0.2) is 91.0 Å². The van der Waals surface area contributed by atoms with Crippen LogP contribution in [0.25, 0.3) is 11.1 Å². The van der Waals surface area contributed by atoms with Gasteiger partial charge in [0.05, 0.1) is 31.3 Å². The highest BCUT2D eigenvalue weighted by Gasteiger charge is 2.51. The second-order valence-electron chi connectivity index (χ2n) is 25.5. The van der Waals surface area contributed by atoms with Gasteiger partial charge in [-0.3, -0.25) is 33.6 Å². The van der Waals surface area contributed by atoms with Gasteiger partial charge in [-0.1, -0.05) is 44.2 Å². The summed E-state index contributed by atoms with van der Waals surface area (Å²) < 4.78 is 38.3. The van der Waals surface area contributed by atoms with Gasteiger partial charge < -0.3 is 128 Å². The normalized spacial score (nSPS) is 29.8. The number of aliphatic hydroxyl groups is 6. The zero-order valence-corrected chi connectivity index (χ0v) is 53.7. The van der Waals surface area contributed by atoms with Gasteiger partial charge in [-0.15, -0.1) is 0 Å². The maximum absolute atomic E-state index is 16.0. The van der Waals surface area contributed by atoms with Crippen molar-refractivity contribution in [2.75, 3.05) is 13.7 Å². The number of benzene rings is 5. The highest BCUT2D eigenvalue weighted by atomic mass is 16.8. The van der Waals surface area contributed by atoms with Crippen molar-refractivity contribution in [1.82, 2.24) is 37.2 Å². The molecule has 5 aromatic carbocycles. The summed E-state index contributed by atoms with van der Waals surface area (Å²) in [5.41, 5.74) is 8.48. The topological polar surface area (TPSA) is 530 Å². The van der Waals surface area contributed by atoms with Gasteiger partial charge in [0.25, 0.3) is 0 Å². The first kappa shape index (κ1) is 72.0. The second-order valence-corrected chi connectivity index (χ2v) is 25.5. The maximum Gasteiger partial charge on any atom is 0.330 e. The number of aliphatic carboxylic acids is 1. The van der Waals surface area contributed by atoms with E-state index in [9.17, 15) is 75.0 Å². The zero-order chi connectivity index (χ0) is 71.8. The van der Waals surface area contributed by atoms with Crippen LogP contribution in [-0.4, -0.2) is 191 Å². The number of ether oxygens (including phenoxy) is 6. The number of primary amides is 1. The molecule has 0 radical (unpaired) electrons. The Morgan fingerprint density at radius 3 is 1.89 bits per heavy atom. The van der Waals surface area contributed by atoms with Crippen LogP contribution < -0.4 is 62.9 Å². The molecule has 530 valence electrons. The average molecular weight is 1380 g/mol. The number of carbonyl (C=O) groups is 8. The van der Waals surface area contributed by atoms with Crippen molar-refractivity contribution in [2.45, 2.75) is 156 Å². The number of phenolic OH excluding ortho intramolecular Hbond substituents is 3. The van der Waals surface area contributed by atoms with E-state index in [1.54, 1.807) is 0 Å². The van der Waals surface area contributed by atoms with E-state index in [-0.39, 0.29) is 46.9 Å². The molecule has 99 heavy (non-hydrogen) atoms. The minimum atomic E-state index is -2.27. The molecule has 33 nitrogen and oxygen atoms in total. The van der Waals surface area contributed by atoms with Crippen molar-refractivity contribution in [3.8, 4) is 57.1 Å². The molecule has 0 saturated carbocycles. The highest BCUT2D eigenvalue weighted by molar-refractivity contribution is 6.00. The molecule has 18 atom stereocenters. The Morgan fingerprint density at radius 2 is 1.30 bits per heavy atom. The summed E-state index contributed by atoms with van der Waals surface area (Å²) in [4.78, 5) is 116. The first-order chi connectivity index (χ1) is 46.8. The number of likely N-dealkylation sites (N-methyl/N-ethyl adjacent to an activating group) is 1. The van der Waals surface area contributed by atoms with Gasteiger partial charge in [0, 0.05) is 34.7 Å². The number of carbonyl (C=O) groups excluding carboxylic acids is 7. The van der Waals surface area contributed by atoms with E-state index < -0.39 is 226 Å². The standard InChI is InChI=1S/C66H77N9O24/c1-25(2)16-36(69-5)58(86)74-49-51(81)27-6-11-32(12-7-27)95-40-18-30-19-41(55(40)99-65-56(54(84)53(83)42(24-76)97-65)98-44-23-66(4,68)57(85)26(3)94-44)96-33-13-8-28(9-14-33)52(82)50-63(91)73-48(64(92)93)35-20-31(77)21-39(79)45(35)34-17-29(10-15-38(34)78)46(60(88)75-50)72-61(89)47(30)71-59(87)37(22-43(67)80)70-62(49)90/h6-15,17-21,25-26,36-37,42,44,46-54,56-57,65,69,76-79,81-85H,16,22-24,68H2,1-5H3,(H2,67,80)(H,70,90)(H,71,87)(H,72,89)(H,73,91)(H,74,86)(H,75,88)(H,92,93)/t26?,36?,37?,42-,44?,46?,47?,48?,49?,50?,51?,52?,53-,54+,56-,57?,65+,66?/m1/s1. The Hall–Kier alpha value is -9.78. The third kappa shape index (κ3) is 15.4. The average Bonchev–Trinajstić information content (AvgIpc) is 0.772. The molecule has 33 heteroatoms. The largest absolute Gasteiger partial charge is 0.508 e. The third-order valence-corrected chi connectivity index (χ3v) is 17.6. The van der Waals surface area contributed by atoms with E-state index in [0.29, 0.717) is 0 Å². The molecule has 7 heterocycles. The Kier molecular flexibility index (Phi) is 21.3. The minimum absolute atomic E-state index is 0.0323. The van der Waals surface area contributed by atoms with Crippen molar-refractivity contribution < 1.29 is 118 Å². The summed E-state index contributed by atoms with van der Waals surface area (Å²) >= 11 is 0. The van der Waals surface area contributed by atoms with Crippen LogP contribution in [0, 0.1) is 5.92 Å². The van der Waals surface area contributed by atoms with Crippen LogP contribution in [-0.2, 0) is 52.6 Å². The summed E-state index contributed by atoms with van der Waals surface area (Å²) in [7, 11) is 1.49. The van der Waals surface area contributed by atoms with E-state index in [1.807, 2.05) is 13.8 Å². The highest BCUT2D eigenvalue weighted by Crippen LogP contribution is 2.48. The summed E-state index contributed by atoms with van der Waals surface area (Å²) in [6.45, 7) is 5.76. The maximum atomic E-state index is 16.0. The monoisotopic (exact) mass is 1380 g/mol. The van der Waals surface area contributed by atoms with E-state index in [0.717, 1.165) is 42.5 Å². The minimum Gasteiger partial charge on any atom is -0.508 e. The Bertz CT molecular complexity index is 3920. The van der Waals surface area contributed by atoms with Crippen molar-refractivity contribution in [1.29, 1.82) is 0 Å². The van der Waals surface area contributed by atoms with Crippen LogP contribution in [0.4, 0.5) is 0 Å². The van der Waals surface area contributed by atoms with Crippen LogP contribution in [0.5, 0.6) is 46.0 Å². The summed E-state index contributed by atoms with van der Waals surface area (Å²) in [6, 6.07) is 3.21. The molecule has 0 spiro atoms. The van der Waals surface area contributed by atoms with Crippen molar-refractivity contribution in [3.63, 3.8) is 0 Å². The molecule has 7 aliphatic rings. The van der Waals surface area contributed by atoms with Crippen molar-refractivity contribution in [3.05, 3.63) is 119 Å². The number of aromatic hydroxyl groups is 3. The summed E-state index contributed by atoms with van der Waals surface area (Å²) in [5.74, 6) is -14.8. The number of phenols is 3. The lowest BCUT2D eigenvalue weighted by atomic mass is 9.86. The van der Waals surface area contributed by atoms with E-state index in [1.165, 1.54) is 69.4 Å². The molecular formula is C66H77N9O24. The second kappa shape index (κ2) is 29.3. The lowest BCUT2D eigenvalue weighted by Crippen LogP contribution is -2.64. The summed E-state index contributed by atoms with van der Waals surface area (Å²) in [6.07, 6.45) is -17.9. The van der Waals surface area contributed by atoms with Crippen LogP contribution in [0.3, 0.4) is 0 Å². The fourth-order valence-corrected chi connectivity index (χ4v) is 12.4. The Balaban J connectivity index is 1.21. The molecule has 21 N–H and O–H groups in total. The molecule has 2 saturated heterocycles. The number of amides is 7. The van der Waals surface area contributed by atoms with Crippen LogP contribution in [0.1, 0.15) is 105 Å². The van der Waals surface area contributed by atoms with Gasteiger partial charge in [0.2, 0.25) is 53.4 Å². The lowest BCUT2D eigenvalue weighted by Gasteiger charge is -2.47. The Morgan fingerprint density at radius 1 is 0.707 bits per heavy atom. The molecule has 0 aromatic heterocycles. The molecular weight excluding hydrogens is 1300 g/mol. The zero-order valence-electron chi connectivity index (χ0n) is 53.7. The van der Waals surface area contributed by atoms with Gasteiger partial charge in [0.1, 0.15) is 89.5 Å². The third-order valence-electron chi connectivity index (χ3n) is 17.6. The summed E-state index contributed by atoms with van der Waals surface area (Å²) in [5, 5.41) is 131. The molecule has 5 aromatic rings. The van der Waals surface area contributed by atoms with E-state index in [2.05, 4.69) is 37.2 Å². The quantitative estimate of drug-likeness (QED) is 0.0658. The lowest BCUT2D eigenvalue weighted by molar-refractivity contribution is -0.333. The molecule has 11 bridgehead atoms. The number of aliphatic hydroxyl groups excluding tert-OH is 6. The number of carboxylic acid groups (broad SMARTS) is 1. The number of carboxylic acids is 1. The molecule has 7 aliphatic heterocycles. The molecule has 12 rings (SSSR count). The first-order valence-electron chi connectivity index (χ1n) is 31.4. The van der Waals surface area contributed by atoms with Gasteiger partial charge in [-0.25, -0.2) is 4.79 Å². The number of hydrogen-bond donors (Lipinski definition) is 19. The predicted octanol–water partition coefficient (Wildman–Crippen LogP) is -1.20. The first-order valence-corrected chi connectivity index (χ1v) is 31.4. The van der Waals surface area contributed by atoms with Crippen LogP contribution in [0.2, 0.25) is 0 Å². The fraction of sp³-hybridized carbons (Fsp3) is 0.424. The van der Waals surface area contributed by atoms with Crippen molar-refractivity contribution >= 4 is 47.3 Å². The van der Waals surface area contributed by atoms with Crippen LogP contribution >= 0.6 is 0 Å². The molecule has 0 aliphatic carbocycles.